The second-order valence-electron chi connectivity index (χ2n) is 5.90. The third-order valence-corrected chi connectivity index (χ3v) is 7.21. The monoisotopic (exact) mass is 378 g/mol. The van der Waals surface area contributed by atoms with Crippen LogP contribution in [0.4, 0.5) is 0 Å². The topological polar surface area (TPSA) is 85.3 Å². The van der Waals surface area contributed by atoms with Gasteiger partial charge in [-0.1, -0.05) is 25.8 Å². The van der Waals surface area contributed by atoms with Gasteiger partial charge in [-0.15, -0.1) is 0 Å². The van der Waals surface area contributed by atoms with Gasteiger partial charge < -0.3 is 0 Å². The fraction of sp³-hybridized carbons (Fsp3) is 0.533. The first-order valence-corrected chi connectivity index (χ1v) is 10.8. The van der Waals surface area contributed by atoms with Crippen LogP contribution in [0.5, 0.6) is 0 Å². The molecule has 5 nitrogen and oxygen atoms in total. The van der Waals surface area contributed by atoms with E-state index in [-0.39, 0.29) is 16.0 Å². The molecule has 0 aromatic heterocycles. The van der Waals surface area contributed by atoms with Crippen molar-refractivity contribution in [2.45, 2.75) is 48.7 Å². The van der Waals surface area contributed by atoms with Gasteiger partial charge in [0.1, 0.15) is 10.7 Å². The Bertz CT molecular complexity index is 811. The lowest BCUT2D eigenvalue weighted by Gasteiger charge is -2.26. The van der Waals surface area contributed by atoms with E-state index in [2.05, 4.69) is 0 Å². The van der Waals surface area contributed by atoms with Gasteiger partial charge in [-0.2, -0.15) is 0 Å². The van der Waals surface area contributed by atoms with Crippen LogP contribution >= 0.6 is 11.6 Å². The molecule has 0 unspecified atom stereocenters. The lowest BCUT2D eigenvalue weighted by molar-refractivity contribution is 0.108. The normalized spacial score (nSPS) is 17.6. The fourth-order valence-electron chi connectivity index (χ4n) is 3.28. The van der Waals surface area contributed by atoms with Gasteiger partial charge in [0.25, 0.3) is 5.24 Å². The predicted octanol–water partition coefficient (Wildman–Crippen LogP) is 2.41. The summed E-state index contributed by atoms with van der Waals surface area (Å²) in [5, 5.41) is -0.745. The van der Waals surface area contributed by atoms with Gasteiger partial charge in [-0.3, -0.25) is 4.79 Å². The summed E-state index contributed by atoms with van der Waals surface area (Å²) in [6, 6.07) is 2.78. The van der Waals surface area contributed by atoms with Crippen molar-refractivity contribution in [3.63, 3.8) is 0 Å². The Kier molecular flexibility index (Phi) is 5.23. The minimum Gasteiger partial charge on any atom is -0.276 e. The van der Waals surface area contributed by atoms with Crippen LogP contribution in [0, 0.1) is 0 Å². The van der Waals surface area contributed by atoms with E-state index in [1.807, 2.05) is 0 Å². The molecule has 2 rings (SSSR count). The Morgan fingerprint density at radius 3 is 2.22 bits per heavy atom. The van der Waals surface area contributed by atoms with Crippen LogP contribution in [0.25, 0.3) is 0 Å². The zero-order chi connectivity index (χ0) is 17.4. The molecule has 0 amide bonds. The number of rotatable bonds is 5. The highest BCUT2D eigenvalue weighted by atomic mass is 35.5. The maximum Gasteiger partial charge on any atom is 0.252 e. The second-order valence-corrected chi connectivity index (χ2v) is 9.60. The maximum absolute atomic E-state index is 12.2. The van der Waals surface area contributed by atoms with Gasteiger partial charge in [0.2, 0.25) is 0 Å². The van der Waals surface area contributed by atoms with Crippen LogP contribution in [0.1, 0.15) is 54.1 Å². The van der Waals surface area contributed by atoms with Crippen LogP contribution in [-0.2, 0) is 31.7 Å². The number of benzene rings is 1. The van der Waals surface area contributed by atoms with Crippen molar-refractivity contribution in [2.24, 2.45) is 0 Å². The van der Waals surface area contributed by atoms with Gasteiger partial charge in [0.05, 0.1) is 9.64 Å². The molecule has 0 aliphatic heterocycles. The summed E-state index contributed by atoms with van der Waals surface area (Å²) in [6.07, 6.45) is 3.71. The molecule has 0 spiro atoms. The minimum atomic E-state index is -3.70. The van der Waals surface area contributed by atoms with Crippen molar-refractivity contribution in [1.82, 2.24) is 0 Å². The largest absolute Gasteiger partial charge is 0.276 e. The molecular weight excluding hydrogens is 360 g/mol. The van der Waals surface area contributed by atoms with Gasteiger partial charge in [0.15, 0.2) is 9.84 Å². The maximum atomic E-state index is 12.2. The molecule has 0 radical (unpaired) electrons. The molecule has 1 aliphatic rings. The molecule has 8 heteroatoms. The zero-order valence-corrected chi connectivity index (χ0v) is 15.4. The van der Waals surface area contributed by atoms with Gasteiger partial charge >= 0.3 is 0 Å². The Balaban J connectivity index is 2.89. The van der Waals surface area contributed by atoms with Gasteiger partial charge in [-0.25, -0.2) is 16.8 Å². The molecule has 128 valence electrons. The number of hydrogen-bond donors (Lipinski definition) is 1. The number of hydrogen-bond acceptors (Lipinski definition) is 5. The quantitative estimate of drug-likeness (QED) is 0.628. The highest BCUT2D eigenvalue weighted by Crippen LogP contribution is 2.45. The molecule has 1 aliphatic carbocycles. The molecule has 0 atom stereocenters. The highest BCUT2D eigenvalue weighted by Gasteiger charge is 2.42. The summed E-state index contributed by atoms with van der Waals surface area (Å²) in [6.45, 7) is 1.81. The molecule has 0 N–H and O–H groups in total. The number of carbonyl (C=O) groups excluding carboxylic acids is 1. The summed E-state index contributed by atoms with van der Waals surface area (Å²) >= 11 is 5.57. The van der Waals surface area contributed by atoms with Crippen molar-refractivity contribution < 1.29 is 21.6 Å². The molecule has 1 saturated carbocycles. The summed E-state index contributed by atoms with van der Waals surface area (Å²) < 4.78 is 47.2. The van der Waals surface area contributed by atoms with Crippen molar-refractivity contribution in [2.75, 3.05) is 6.26 Å². The molecular formula is C15H19ClO5S2. The first-order valence-electron chi connectivity index (χ1n) is 7.35. The van der Waals surface area contributed by atoms with Crippen LogP contribution in [0.2, 0.25) is 0 Å². The first-order chi connectivity index (χ1) is 10.6. The number of halogens is 1. The number of aryl methyl sites for hydroxylation is 1. The number of sulfone groups is 1. The highest BCUT2D eigenvalue weighted by molar-refractivity contribution is 7.90. The standard InChI is InChI=1S/C15H19ClO5S2/c1-3-10-8-12(15(22(18)19)6-4-5-7-15)13(23(2,20)21)9-11(10)14(16)17/h8-9,22H,3-7H2,1-2H3. The molecule has 0 bridgehead atoms. The van der Waals surface area contributed by atoms with Crippen molar-refractivity contribution in [3.8, 4) is 0 Å². The van der Waals surface area contributed by atoms with Crippen LogP contribution in [0.15, 0.2) is 17.0 Å². The third kappa shape index (κ3) is 3.32. The van der Waals surface area contributed by atoms with Gasteiger partial charge in [-0.05, 0) is 48.1 Å². The number of thiol groups is 1. The Hall–Kier alpha value is -0.920. The van der Waals surface area contributed by atoms with Crippen LogP contribution in [-0.4, -0.2) is 28.3 Å². The summed E-state index contributed by atoms with van der Waals surface area (Å²) in [5.41, 5.74) is 0.968. The Labute approximate surface area is 142 Å². The van der Waals surface area contributed by atoms with Crippen LogP contribution in [0.3, 0.4) is 0 Å². The SMILES string of the molecule is CCc1cc(C2([SH](=O)=O)CCCC2)c(S(C)(=O)=O)cc1C(=O)Cl. The Morgan fingerprint density at radius 2 is 1.83 bits per heavy atom. The lowest BCUT2D eigenvalue weighted by atomic mass is 9.92. The summed E-state index contributed by atoms with van der Waals surface area (Å²) in [5.74, 6) is 0. The zero-order valence-electron chi connectivity index (χ0n) is 13.0. The predicted molar refractivity (Wildman–Crippen MR) is 89.6 cm³/mol. The molecule has 1 aromatic carbocycles. The number of carbonyl (C=O) groups is 1. The summed E-state index contributed by atoms with van der Waals surface area (Å²) in [7, 11) is -6.55. The van der Waals surface area contributed by atoms with Crippen molar-refractivity contribution in [3.05, 3.63) is 28.8 Å². The van der Waals surface area contributed by atoms with E-state index in [1.165, 1.54) is 6.07 Å². The van der Waals surface area contributed by atoms with E-state index >= 15 is 0 Å². The smallest absolute Gasteiger partial charge is 0.252 e. The van der Waals surface area contributed by atoms with E-state index in [1.54, 1.807) is 13.0 Å². The second kappa shape index (κ2) is 6.53. The molecule has 1 fully saturated rings. The van der Waals surface area contributed by atoms with E-state index in [4.69, 9.17) is 11.6 Å². The van der Waals surface area contributed by atoms with E-state index in [0.717, 1.165) is 19.1 Å². The lowest BCUT2D eigenvalue weighted by Crippen LogP contribution is -2.27. The minimum absolute atomic E-state index is 0.111. The van der Waals surface area contributed by atoms with E-state index < -0.39 is 30.5 Å². The molecule has 23 heavy (non-hydrogen) atoms. The van der Waals surface area contributed by atoms with Crippen LogP contribution < -0.4 is 0 Å². The summed E-state index contributed by atoms with van der Waals surface area (Å²) in [4.78, 5) is 11.5. The van der Waals surface area contributed by atoms with Crippen molar-refractivity contribution in [1.29, 1.82) is 0 Å². The average molecular weight is 379 g/mol. The fourth-order valence-corrected chi connectivity index (χ4v) is 5.58. The third-order valence-electron chi connectivity index (χ3n) is 4.48. The Morgan fingerprint density at radius 1 is 1.26 bits per heavy atom. The average Bonchev–Trinajstić information content (AvgIpc) is 2.95. The van der Waals surface area contributed by atoms with Gasteiger partial charge in [0, 0.05) is 11.8 Å². The van der Waals surface area contributed by atoms with E-state index in [0.29, 0.717) is 24.8 Å². The molecule has 1 aromatic rings. The van der Waals surface area contributed by atoms with E-state index in [9.17, 15) is 21.6 Å². The first kappa shape index (κ1) is 18.4. The molecule has 0 heterocycles. The van der Waals surface area contributed by atoms with Crippen molar-refractivity contribution >= 4 is 37.4 Å². The molecule has 0 saturated heterocycles.